The van der Waals surface area contributed by atoms with Crippen molar-refractivity contribution in [3.63, 3.8) is 0 Å². The van der Waals surface area contributed by atoms with Gasteiger partial charge in [-0.2, -0.15) is 0 Å². The van der Waals surface area contributed by atoms with Crippen molar-refractivity contribution in [3.05, 3.63) is 22.4 Å². The Morgan fingerprint density at radius 2 is 2.50 bits per heavy atom. The van der Waals surface area contributed by atoms with E-state index < -0.39 is 0 Å². The SMILES string of the molecule is C[C@@H](CN)NCCc1cccs1. The first kappa shape index (κ1) is 9.71. The highest BCUT2D eigenvalue weighted by Gasteiger charge is 1.97. The molecule has 0 saturated carbocycles. The molecular weight excluding hydrogens is 168 g/mol. The van der Waals surface area contributed by atoms with Crippen molar-refractivity contribution in [2.75, 3.05) is 13.1 Å². The molecule has 2 nitrogen and oxygen atoms in total. The van der Waals surface area contributed by atoms with Gasteiger partial charge in [0.05, 0.1) is 0 Å². The minimum absolute atomic E-state index is 0.435. The van der Waals surface area contributed by atoms with E-state index in [1.54, 1.807) is 0 Å². The number of thiophene rings is 1. The molecule has 0 aliphatic heterocycles. The largest absolute Gasteiger partial charge is 0.329 e. The topological polar surface area (TPSA) is 38.0 Å². The van der Waals surface area contributed by atoms with Crippen LogP contribution in [-0.4, -0.2) is 19.1 Å². The first-order chi connectivity index (χ1) is 5.83. The third-order valence-corrected chi connectivity index (χ3v) is 2.73. The van der Waals surface area contributed by atoms with Crippen LogP contribution in [0, 0.1) is 0 Å². The first-order valence-corrected chi connectivity index (χ1v) is 5.16. The van der Waals surface area contributed by atoms with Crippen molar-refractivity contribution >= 4 is 11.3 Å². The van der Waals surface area contributed by atoms with E-state index in [1.165, 1.54) is 4.88 Å². The molecule has 0 aliphatic rings. The Morgan fingerprint density at radius 1 is 1.67 bits per heavy atom. The van der Waals surface area contributed by atoms with Gasteiger partial charge in [-0.25, -0.2) is 0 Å². The third kappa shape index (κ3) is 3.34. The summed E-state index contributed by atoms with van der Waals surface area (Å²) < 4.78 is 0. The fourth-order valence-corrected chi connectivity index (χ4v) is 1.69. The van der Waals surface area contributed by atoms with Gasteiger partial charge in [-0.05, 0) is 24.8 Å². The lowest BCUT2D eigenvalue weighted by atomic mass is 10.3. The molecule has 0 amide bonds. The maximum absolute atomic E-state index is 5.47. The summed E-state index contributed by atoms with van der Waals surface area (Å²) in [6, 6.07) is 4.69. The zero-order valence-electron chi connectivity index (χ0n) is 7.42. The Balaban J connectivity index is 2.11. The monoisotopic (exact) mass is 184 g/mol. The molecule has 1 aromatic rings. The Kier molecular flexibility index (Phi) is 4.29. The highest BCUT2D eigenvalue weighted by Crippen LogP contribution is 2.07. The molecule has 1 rings (SSSR count). The van der Waals surface area contributed by atoms with Gasteiger partial charge in [0.25, 0.3) is 0 Å². The predicted octanol–water partition coefficient (Wildman–Crippen LogP) is 1.23. The second-order valence-corrected chi connectivity index (χ2v) is 3.95. The molecule has 0 bridgehead atoms. The zero-order valence-corrected chi connectivity index (χ0v) is 8.23. The van der Waals surface area contributed by atoms with Crippen molar-refractivity contribution < 1.29 is 0 Å². The molecule has 68 valence electrons. The van der Waals surface area contributed by atoms with E-state index in [0.717, 1.165) is 13.0 Å². The summed E-state index contributed by atoms with van der Waals surface area (Å²) >= 11 is 1.81. The van der Waals surface area contributed by atoms with Gasteiger partial charge >= 0.3 is 0 Å². The fourth-order valence-electron chi connectivity index (χ4n) is 0.980. The molecule has 0 aromatic carbocycles. The summed E-state index contributed by atoms with van der Waals surface area (Å²) in [5.41, 5.74) is 5.47. The lowest BCUT2D eigenvalue weighted by Crippen LogP contribution is -2.34. The van der Waals surface area contributed by atoms with Crippen LogP contribution in [-0.2, 0) is 6.42 Å². The van der Waals surface area contributed by atoms with Crippen LogP contribution in [0.15, 0.2) is 17.5 Å². The molecule has 3 heteroatoms. The summed E-state index contributed by atoms with van der Waals surface area (Å²) in [5, 5.41) is 5.47. The van der Waals surface area contributed by atoms with Crippen molar-refractivity contribution in [1.29, 1.82) is 0 Å². The average Bonchev–Trinajstić information content (AvgIpc) is 2.57. The maximum Gasteiger partial charge on any atom is 0.0162 e. The molecule has 0 radical (unpaired) electrons. The Morgan fingerprint density at radius 3 is 3.08 bits per heavy atom. The summed E-state index contributed by atoms with van der Waals surface area (Å²) in [6.07, 6.45) is 1.11. The van der Waals surface area contributed by atoms with Crippen LogP contribution in [0.25, 0.3) is 0 Å². The van der Waals surface area contributed by atoms with Crippen molar-refractivity contribution in [1.82, 2.24) is 5.32 Å². The van der Waals surface area contributed by atoms with Crippen LogP contribution in [0.3, 0.4) is 0 Å². The standard InChI is InChI=1S/C9H16N2S/c1-8(7-10)11-5-4-9-3-2-6-12-9/h2-3,6,8,11H,4-5,7,10H2,1H3/t8-/m0/s1. The van der Waals surface area contributed by atoms with E-state index in [4.69, 9.17) is 5.73 Å². The van der Waals surface area contributed by atoms with Crippen LogP contribution < -0.4 is 11.1 Å². The summed E-state index contributed by atoms with van der Waals surface area (Å²) in [6.45, 7) is 3.84. The third-order valence-electron chi connectivity index (χ3n) is 1.80. The van der Waals surface area contributed by atoms with Crippen LogP contribution in [0.4, 0.5) is 0 Å². The lowest BCUT2D eigenvalue weighted by molar-refractivity contribution is 0.560. The van der Waals surface area contributed by atoms with Crippen LogP contribution in [0.2, 0.25) is 0 Å². The number of nitrogens with one attached hydrogen (secondary N) is 1. The minimum Gasteiger partial charge on any atom is -0.329 e. The Bertz CT molecular complexity index is 196. The second-order valence-electron chi connectivity index (χ2n) is 2.92. The molecular formula is C9H16N2S. The molecule has 0 spiro atoms. The summed E-state index contributed by atoms with van der Waals surface area (Å²) in [4.78, 5) is 1.44. The molecule has 0 fully saturated rings. The van der Waals surface area contributed by atoms with Gasteiger partial charge in [0.2, 0.25) is 0 Å². The van der Waals surface area contributed by atoms with E-state index in [1.807, 2.05) is 11.3 Å². The van der Waals surface area contributed by atoms with Gasteiger partial charge < -0.3 is 11.1 Å². The van der Waals surface area contributed by atoms with E-state index in [2.05, 4.69) is 29.8 Å². The summed E-state index contributed by atoms with van der Waals surface area (Å²) in [5.74, 6) is 0. The number of hydrogen-bond acceptors (Lipinski definition) is 3. The molecule has 0 saturated heterocycles. The van der Waals surface area contributed by atoms with Crippen LogP contribution >= 0.6 is 11.3 Å². The second kappa shape index (κ2) is 5.30. The van der Waals surface area contributed by atoms with Gasteiger partial charge in [-0.3, -0.25) is 0 Å². The van der Waals surface area contributed by atoms with Gasteiger partial charge in [0.1, 0.15) is 0 Å². The lowest BCUT2D eigenvalue weighted by Gasteiger charge is -2.09. The van der Waals surface area contributed by atoms with Crippen molar-refractivity contribution in [2.45, 2.75) is 19.4 Å². The van der Waals surface area contributed by atoms with E-state index in [0.29, 0.717) is 12.6 Å². The van der Waals surface area contributed by atoms with Crippen LogP contribution in [0.1, 0.15) is 11.8 Å². The number of rotatable bonds is 5. The number of nitrogens with two attached hydrogens (primary N) is 1. The fraction of sp³-hybridized carbons (Fsp3) is 0.556. The predicted molar refractivity (Wildman–Crippen MR) is 54.5 cm³/mol. The van der Waals surface area contributed by atoms with Gasteiger partial charge in [0, 0.05) is 24.0 Å². The quantitative estimate of drug-likeness (QED) is 0.722. The Hall–Kier alpha value is -0.380. The highest BCUT2D eigenvalue weighted by molar-refractivity contribution is 7.09. The van der Waals surface area contributed by atoms with Gasteiger partial charge in [-0.1, -0.05) is 6.07 Å². The smallest absolute Gasteiger partial charge is 0.0162 e. The van der Waals surface area contributed by atoms with E-state index in [9.17, 15) is 0 Å². The normalized spacial score (nSPS) is 13.2. The van der Waals surface area contributed by atoms with Gasteiger partial charge in [0.15, 0.2) is 0 Å². The molecule has 1 atom stereocenters. The molecule has 12 heavy (non-hydrogen) atoms. The van der Waals surface area contributed by atoms with Gasteiger partial charge in [-0.15, -0.1) is 11.3 Å². The molecule has 1 heterocycles. The van der Waals surface area contributed by atoms with Crippen LogP contribution in [0.5, 0.6) is 0 Å². The molecule has 0 unspecified atom stereocenters. The van der Waals surface area contributed by atoms with Crippen molar-refractivity contribution in [2.24, 2.45) is 5.73 Å². The first-order valence-electron chi connectivity index (χ1n) is 4.28. The average molecular weight is 184 g/mol. The minimum atomic E-state index is 0.435. The molecule has 1 aromatic heterocycles. The maximum atomic E-state index is 5.47. The number of hydrogen-bond donors (Lipinski definition) is 2. The van der Waals surface area contributed by atoms with Crippen molar-refractivity contribution in [3.8, 4) is 0 Å². The van der Waals surface area contributed by atoms with E-state index in [-0.39, 0.29) is 0 Å². The van der Waals surface area contributed by atoms with E-state index >= 15 is 0 Å². The Labute approximate surface area is 77.8 Å². The molecule has 3 N–H and O–H groups in total. The highest BCUT2D eigenvalue weighted by atomic mass is 32.1. The zero-order chi connectivity index (χ0) is 8.81. The summed E-state index contributed by atoms with van der Waals surface area (Å²) in [7, 11) is 0. The molecule has 0 aliphatic carbocycles.